The number of hydrogen-bond acceptors (Lipinski definition) is 2. The van der Waals surface area contributed by atoms with Gasteiger partial charge >= 0.3 is 0 Å². The average molecular weight is 405 g/mol. The van der Waals surface area contributed by atoms with Gasteiger partial charge in [-0.2, -0.15) is 0 Å². The lowest BCUT2D eigenvalue weighted by Crippen LogP contribution is -2.23. The van der Waals surface area contributed by atoms with E-state index in [9.17, 15) is 4.39 Å². The van der Waals surface area contributed by atoms with E-state index in [4.69, 9.17) is 17.3 Å². The van der Waals surface area contributed by atoms with Crippen molar-refractivity contribution in [3.05, 3.63) is 56.4 Å². The van der Waals surface area contributed by atoms with Crippen LogP contribution in [0.4, 0.5) is 15.8 Å². The summed E-state index contributed by atoms with van der Waals surface area (Å²) in [6.45, 7) is 2.01. The summed E-state index contributed by atoms with van der Waals surface area (Å²) in [7, 11) is 1.88. The van der Waals surface area contributed by atoms with E-state index in [0.717, 1.165) is 5.56 Å². The van der Waals surface area contributed by atoms with Crippen LogP contribution in [0.1, 0.15) is 18.5 Å². The van der Waals surface area contributed by atoms with Crippen LogP contribution < -0.4 is 10.6 Å². The van der Waals surface area contributed by atoms with Crippen molar-refractivity contribution >= 4 is 45.6 Å². The molecule has 0 amide bonds. The molecule has 2 N–H and O–H groups in total. The van der Waals surface area contributed by atoms with E-state index in [1.807, 2.05) is 65.7 Å². The van der Waals surface area contributed by atoms with Crippen LogP contribution in [0.2, 0.25) is 5.02 Å². The number of nitrogen functional groups attached to an aromatic ring is 1. The van der Waals surface area contributed by atoms with Crippen LogP contribution in [0, 0.1) is 9.39 Å². The number of halogens is 3. The summed E-state index contributed by atoms with van der Waals surface area (Å²) in [5.74, 6) is -0.270. The lowest BCUT2D eigenvalue weighted by Gasteiger charge is -2.29. The molecular formula is C15H15ClFIN2. The van der Waals surface area contributed by atoms with E-state index < -0.39 is 0 Å². The summed E-state index contributed by atoms with van der Waals surface area (Å²) in [6, 6.07) is 10.7. The summed E-state index contributed by atoms with van der Waals surface area (Å²) in [5, 5.41) is 0.691. The topological polar surface area (TPSA) is 29.3 Å². The molecule has 1 unspecified atom stereocenters. The molecule has 0 bridgehead atoms. The Morgan fingerprint density at radius 2 is 1.95 bits per heavy atom. The Morgan fingerprint density at radius 3 is 2.60 bits per heavy atom. The molecule has 0 aromatic heterocycles. The Morgan fingerprint density at radius 1 is 1.30 bits per heavy atom. The summed E-state index contributed by atoms with van der Waals surface area (Å²) in [6.07, 6.45) is 0. The standard InChI is InChI=1S/C15H15ClFIN2/c1-9(10-5-3-4-6-11(10)16)20(2)15-7-12(17)13(18)8-14(15)19/h3-9H,19H2,1-2H3. The second-order valence-electron chi connectivity index (χ2n) is 4.63. The third kappa shape index (κ3) is 3.01. The van der Waals surface area contributed by atoms with E-state index >= 15 is 0 Å². The molecule has 0 radical (unpaired) electrons. The third-order valence-electron chi connectivity index (χ3n) is 3.39. The smallest absolute Gasteiger partial charge is 0.138 e. The number of benzene rings is 2. The lowest BCUT2D eigenvalue weighted by atomic mass is 10.1. The molecule has 1 atom stereocenters. The Labute approximate surface area is 136 Å². The van der Waals surface area contributed by atoms with Crippen molar-refractivity contribution < 1.29 is 4.39 Å². The molecule has 0 heterocycles. The van der Waals surface area contributed by atoms with E-state index in [-0.39, 0.29) is 11.9 Å². The monoisotopic (exact) mass is 404 g/mol. The average Bonchev–Trinajstić information content (AvgIpc) is 2.42. The minimum atomic E-state index is -0.270. The van der Waals surface area contributed by atoms with Crippen LogP contribution in [0.5, 0.6) is 0 Å². The van der Waals surface area contributed by atoms with Gasteiger partial charge in [0.1, 0.15) is 5.82 Å². The van der Waals surface area contributed by atoms with Gasteiger partial charge in [0.2, 0.25) is 0 Å². The second kappa shape index (κ2) is 6.18. The maximum absolute atomic E-state index is 13.7. The summed E-state index contributed by atoms with van der Waals surface area (Å²) >= 11 is 8.14. The highest BCUT2D eigenvalue weighted by molar-refractivity contribution is 14.1. The zero-order valence-corrected chi connectivity index (χ0v) is 14.1. The number of hydrogen-bond donors (Lipinski definition) is 1. The number of rotatable bonds is 3. The lowest BCUT2D eigenvalue weighted by molar-refractivity contribution is 0.618. The molecule has 2 aromatic carbocycles. The highest BCUT2D eigenvalue weighted by Gasteiger charge is 2.18. The Bertz CT molecular complexity index is 633. The molecule has 0 fully saturated rings. The van der Waals surface area contributed by atoms with E-state index in [2.05, 4.69) is 0 Å². The third-order valence-corrected chi connectivity index (χ3v) is 4.56. The van der Waals surface area contributed by atoms with Gasteiger partial charge in [0.15, 0.2) is 0 Å². The first-order chi connectivity index (χ1) is 9.41. The first-order valence-corrected chi connectivity index (χ1v) is 7.59. The van der Waals surface area contributed by atoms with Gasteiger partial charge in [-0.25, -0.2) is 4.39 Å². The van der Waals surface area contributed by atoms with Crippen LogP contribution in [-0.4, -0.2) is 7.05 Å². The molecule has 2 rings (SSSR count). The number of nitrogens with two attached hydrogens (primary N) is 1. The molecule has 106 valence electrons. The Kier molecular flexibility index (Phi) is 4.75. The van der Waals surface area contributed by atoms with Crippen LogP contribution in [0.25, 0.3) is 0 Å². The van der Waals surface area contributed by atoms with Gasteiger partial charge in [-0.15, -0.1) is 0 Å². The summed E-state index contributed by atoms with van der Waals surface area (Å²) in [4.78, 5) is 1.93. The van der Waals surface area contributed by atoms with Gasteiger partial charge in [0, 0.05) is 18.1 Å². The second-order valence-corrected chi connectivity index (χ2v) is 6.20. The van der Waals surface area contributed by atoms with Gasteiger partial charge in [-0.1, -0.05) is 29.8 Å². The zero-order chi connectivity index (χ0) is 14.9. The summed E-state index contributed by atoms with van der Waals surface area (Å²) < 4.78 is 14.3. The number of anilines is 2. The predicted molar refractivity (Wildman–Crippen MR) is 91.8 cm³/mol. The summed E-state index contributed by atoms with van der Waals surface area (Å²) in [5.41, 5.74) is 8.20. The fourth-order valence-electron chi connectivity index (χ4n) is 2.09. The van der Waals surface area contributed by atoms with Crippen molar-refractivity contribution in [1.82, 2.24) is 0 Å². The molecule has 0 aliphatic carbocycles. The SMILES string of the molecule is CC(c1ccccc1Cl)N(C)c1cc(F)c(I)cc1N. The van der Waals surface area contributed by atoms with Crippen molar-refractivity contribution in [2.45, 2.75) is 13.0 Å². The van der Waals surface area contributed by atoms with Crippen LogP contribution in [0.3, 0.4) is 0 Å². The fraction of sp³-hybridized carbons (Fsp3) is 0.200. The first kappa shape index (κ1) is 15.4. The van der Waals surface area contributed by atoms with Gasteiger partial charge in [-0.3, -0.25) is 0 Å². The van der Waals surface area contributed by atoms with Gasteiger partial charge in [0.25, 0.3) is 0 Å². The number of nitrogens with zero attached hydrogens (tertiary/aromatic N) is 1. The molecule has 0 saturated heterocycles. The molecule has 2 aromatic rings. The molecule has 5 heteroatoms. The van der Waals surface area contributed by atoms with Crippen molar-refractivity contribution in [2.75, 3.05) is 17.7 Å². The normalized spacial score (nSPS) is 12.2. The van der Waals surface area contributed by atoms with Crippen molar-refractivity contribution in [3.8, 4) is 0 Å². The van der Waals surface area contributed by atoms with E-state index in [1.54, 1.807) is 6.07 Å². The predicted octanol–water partition coefficient (Wildman–Crippen LogP) is 4.86. The molecule has 0 spiro atoms. The maximum atomic E-state index is 13.7. The van der Waals surface area contributed by atoms with Crippen molar-refractivity contribution in [2.24, 2.45) is 0 Å². The van der Waals surface area contributed by atoms with Gasteiger partial charge in [-0.05, 0) is 47.2 Å². The molecular weight excluding hydrogens is 390 g/mol. The molecule has 0 aliphatic heterocycles. The minimum absolute atomic E-state index is 0.00883. The van der Waals surface area contributed by atoms with E-state index in [1.165, 1.54) is 6.07 Å². The molecule has 0 aliphatic rings. The molecule has 20 heavy (non-hydrogen) atoms. The minimum Gasteiger partial charge on any atom is -0.397 e. The van der Waals surface area contributed by atoms with Crippen molar-refractivity contribution in [3.63, 3.8) is 0 Å². The van der Waals surface area contributed by atoms with Gasteiger partial charge in [0.05, 0.1) is 21.0 Å². The van der Waals surface area contributed by atoms with Crippen LogP contribution in [-0.2, 0) is 0 Å². The fourth-order valence-corrected chi connectivity index (χ4v) is 2.87. The zero-order valence-electron chi connectivity index (χ0n) is 11.2. The Balaban J connectivity index is 2.39. The highest BCUT2D eigenvalue weighted by Crippen LogP contribution is 2.34. The maximum Gasteiger partial charge on any atom is 0.138 e. The quantitative estimate of drug-likeness (QED) is 0.584. The van der Waals surface area contributed by atoms with E-state index in [0.29, 0.717) is 20.0 Å². The van der Waals surface area contributed by atoms with Gasteiger partial charge < -0.3 is 10.6 Å². The molecule has 0 saturated carbocycles. The van der Waals surface area contributed by atoms with Crippen molar-refractivity contribution in [1.29, 1.82) is 0 Å². The molecule has 2 nitrogen and oxygen atoms in total. The Hall–Kier alpha value is -1.01. The first-order valence-electron chi connectivity index (χ1n) is 6.13. The van der Waals surface area contributed by atoms with Crippen LogP contribution >= 0.6 is 34.2 Å². The van der Waals surface area contributed by atoms with Crippen LogP contribution in [0.15, 0.2) is 36.4 Å². The largest absolute Gasteiger partial charge is 0.397 e. The highest BCUT2D eigenvalue weighted by atomic mass is 127.